The number of amides is 1. The Bertz CT molecular complexity index is 731. The third kappa shape index (κ3) is 3.51. The SMILES string of the molecule is CC(NC(=O)COc1cc(F)ccc1[N+](=O)[O-])C12CC3CC(CC(C3)C1)C2. The van der Waals surface area contributed by atoms with E-state index >= 15 is 0 Å². The maximum atomic E-state index is 13.4. The van der Waals surface area contributed by atoms with Gasteiger partial charge in [0.05, 0.1) is 4.92 Å². The van der Waals surface area contributed by atoms with Crippen molar-refractivity contribution in [2.24, 2.45) is 23.2 Å². The lowest BCUT2D eigenvalue weighted by atomic mass is 9.48. The van der Waals surface area contributed by atoms with Gasteiger partial charge < -0.3 is 10.1 Å². The fourth-order valence-electron chi connectivity index (χ4n) is 6.04. The number of carbonyl (C=O) groups is 1. The van der Waals surface area contributed by atoms with E-state index in [0.29, 0.717) is 0 Å². The number of halogens is 1. The second-order valence-corrected chi connectivity index (χ2v) is 8.73. The van der Waals surface area contributed by atoms with E-state index < -0.39 is 10.7 Å². The highest BCUT2D eigenvalue weighted by molar-refractivity contribution is 5.78. The average molecular weight is 376 g/mol. The molecule has 1 atom stereocenters. The van der Waals surface area contributed by atoms with Crippen molar-refractivity contribution in [1.29, 1.82) is 0 Å². The zero-order chi connectivity index (χ0) is 19.2. The molecule has 4 fully saturated rings. The highest BCUT2D eigenvalue weighted by atomic mass is 19.1. The van der Waals surface area contributed by atoms with Crippen LogP contribution in [0.2, 0.25) is 0 Å². The van der Waals surface area contributed by atoms with Crippen molar-refractivity contribution in [3.63, 3.8) is 0 Å². The minimum atomic E-state index is -0.648. The number of nitro benzene ring substituents is 1. The summed E-state index contributed by atoms with van der Waals surface area (Å²) in [5, 5.41) is 14.1. The highest BCUT2D eigenvalue weighted by Gasteiger charge is 2.53. The Morgan fingerprint density at radius 1 is 1.30 bits per heavy atom. The van der Waals surface area contributed by atoms with Crippen LogP contribution in [0.4, 0.5) is 10.1 Å². The second-order valence-electron chi connectivity index (χ2n) is 8.73. The Labute approximate surface area is 157 Å². The van der Waals surface area contributed by atoms with Crippen molar-refractivity contribution in [1.82, 2.24) is 5.32 Å². The average Bonchev–Trinajstić information content (AvgIpc) is 2.58. The van der Waals surface area contributed by atoms with E-state index in [1.807, 2.05) is 0 Å². The minimum Gasteiger partial charge on any atom is -0.477 e. The minimum absolute atomic E-state index is 0.0458. The Morgan fingerprint density at radius 2 is 1.89 bits per heavy atom. The largest absolute Gasteiger partial charge is 0.477 e. The quantitative estimate of drug-likeness (QED) is 0.604. The monoisotopic (exact) mass is 376 g/mol. The topological polar surface area (TPSA) is 81.5 Å². The molecule has 4 aliphatic rings. The zero-order valence-electron chi connectivity index (χ0n) is 15.4. The number of hydrogen-bond donors (Lipinski definition) is 1. The van der Waals surface area contributed by atoms with E-state index in [4.69, 9.17) is 4.74 Å². The molecule has 0 radical (unpaired) electrons. The van der Waals surface area contributed by atoms with Crippen LogP contribution < -0.4 is 10.1 Å². The van der Waals surface area contributed by atoms with E-state index in [9.17, 15) is 19.3 Å². The Balaban J connectivity index is 1.38. The fourth-order valence-corrected chi connectivity index (χ4v) is 6.04. The second kappa shape index (κ2) is 6.77. The fraction of sp³-hybridized carbons (Fsp3) is 0.650. The zero-order valence-corrected chi connectivity index (χ0v) is 15.4. The molecule has 0 aromatic heterocycles. The predicted molar refractivity (Wildman–Crippen MR) is 96.8 cm³/mol. The molecule has 1 amide bonds. The van der Waals surface area contributed by atoms with Gasteiger partial charge in [-0.15, -0.1) is 0 Å². The van der Waals surface area contributed by atoms with Crippen LogP contribution in [-0.2, 0) is 4.79 Å². The standard InChI is InChI=1S/C20H25FN2O4/c1-12(20-8-13-4-14(9-20)6-15(5-13)10-20)22-19(24)11-27-18-7-16(21)2-3-17(18)23(25)26/h2-3,7,12-15H,4-6,8-11H2,1H3,(H,22,24). The van der Waals surface area contributed by atoms with Crippen molar-refractivity contribution >= 4 is 11.6 Å². The van der Waals surface area contributed by atoms with E-state index in [0.717, 1.165) is 36.0 Å². The molecule has 1 unspecified atom stereocenters. The molecule has 4 saturated carbocycles. The van der Waals surface area contributed by atoms with Crippen LogP contribution in [-0.4, -0.2) is 23.5 Å². The molecule has 146 valence electrons. The van der Waals surface area contributed by atoms with Crippen LogP contribution in [0.25, 0.3) is 0 Å². The molecular weight excluding hydrogens is 351 g/mol. The van der Waals surface area contributed by atoms with Crippen LogP contribution in [0.1, 0.15) is 45.4 Å². The summed E-state index contributed by atoms with van der Waals surface area (Å²) in [5.74, 6) is 1.19. The van der Waals surface area contributed by atoms with Crippen LogP contribution in [0.3, 0.4) is 0 Å². The maximum absolute atomic E-state index is 13.4. The molecule has 1 aromatic rings. The first-order valence-corrected chi connectivity index (χ1v) is 9.71. The van der Waals surface area contributed by atoms with E-state index in [2.05, 4.69) is 12.2 Å². The highest BCUT2D eigenvalue weighted by Crippen LogP contribution is 2.61. The molecule has 1 aromatic carbocycles. The van der Waals surface area contributed by atoms with Gasteiger partial charge in [-0.1, -0.05) is 0 Å². The third-order valence-electron chi connectivity index (χ3n) is 6.86. The lowest BCUT2D eigenvalue weighted by Gasteiger charge is -2.59. The van der Waals surface area contributed by atoms with Gasteiger partial charge in [-0.2, -0.15) is 0 Å². The van der Waals surface area contributed by atoms with Crippen molar-refractivity contribution in [2.75, 3.05) is 6.61 Å². The lowest BCUT2D eigenvalue weighted by Crippen LogP contribution is -2.56. The number of carbonyl (C=O) groups excluding carboxylic acids is 1. The van der Waals surface area contributed by atoms with Crippen molar-refractivity contribution in [3.8, 4) is 5.75 Å². The van der Waals surface area contributed by atoms with E-state index in [1.54, 1.807) is 0 Å². The molecule has 1 N–H and O–H groups in total. The van der Waals surface area contributed by atoms with Gasteiger partial charge in [0.2, 0.25) is 5.75 Å². The smallest absolute Gasteiger partial charge is 0.311 e. The number of ether oxygens (including phenoxy) is 1. The molecule has 5 rings (SSSR count). The molecule has 7 heteroatoms. The third-order valence-corrected chi connectivity index (χ3v) is 6.86. The van der Waals surface area contributed by atoms with E-state index in [1.165, 1.54) is 38.5 Å². The number of benzene rings is 1. The van der Waals surface area contributed by atoms with Gasteiger partial charge >= 0.3 is 5.69 Å². The lowest BCUT2D eigenvalue weighted by molar-refractivity contribution is -0.385. The van der Waals surface area contributed by atoms with E-state index in [-0.39, 0.29) is 35.4 Å². The molecule has 0 aliphatic heterocycles. The number of nitro groups is 1. The van der Waals surface area contributed by atoms with Crippen LogP contribution in [0.5, 0.6) is 5.75 Å². The number of nitrogens with zero attached hydrogens (tertiary/aromatic N) is 1. The van der Waals surface area contributed by atoms with Crippen LogP contribution in [0, 0.1) is 39.1 Å². The number of rotatable bonds is 6. The summed E-state index contributed by atoms with van der Waals surface area (Å²) in [6.45, 7) is 1.71. The Morgan fingerprint density at radius 3 is 2.44 bits per heavy atom. The van der Waals surface area contributed by atoms with Gasteiger partial charge in [-0.3, -0.25) is 14.9 Å². The van der Waals surface area contributed by atoms with Crippen molar-refractivity contribution < 1.29 is 18.8 Å². The first-order valence-electron chi connectivity index (χ1n) is 9.71. The first-order chi connectivity index (χ1) is 12.8. The summed E-state index contributed by atoms with van der Waals surface area (Å²) < 4.78 is 18.6. The number of nitrogens with one attached hydrogen (secondary N) is 1. The molecule has 27 heavy (non-hydrogen) atoms. The van der Waals surface area contributed by atoms with Gasteiger partial charge in [0.1, 0.15) is 5.82 Å². The first kappa shape index (κ1) is 18.2. The van der Waals surface area contributed by atoms with Gasteiger partial charge in [0.25, 0.3) is 5.91 Å². The summed E-state index contributed by atoms with van der Waals surface area (Å²) in [6, 6.07) is 3.03. The predicted octanol–water partition coefficient (Wildman–Crippen LogP) is 3.83. The molecule has 0 saturated heterocycles. The Kier molecular flexibility index (Phi) is 4.56. The van der Waals surface area contributed by atoms with Gasteiger partial charge in [-0.25, -0.2) is 4.39 Å². The molecule has 4 bridgehead atoms. The van der Waals surface area contributed by atoms with Crippen molar-refractivity contribution in [2.45, 2.75) is 51.5 Å². The summed E-state index contributed by atoms with van der Waals surface area (Å²) in [5.41, 5.74) is -0.173. The summed E-state index contributed by atoms with van der Waals surface area (Å²) in [6.07, 6.45) is 7.55. The van der Waals surface area contributed by atoms with Crippen LogP contribution in [0.15, 0.2) is 18.2 Å². The summed E-state index contributed by atoms with van der Waals surface area (Å²) in [7, 11) is 0. The molecular formula is C20H25FN2O4. The summed E-state index contributed by atoms with van der Waals surface area (Å²) >= 11 is 0. The van der Waals surface area contributed by atoms with Crippen molar-refractivity contribution in [3.05, 3.63) is 34.1 Å². The molecule has 4 aliphatic carbocycles. The molecule has 0 heterocycles. The molecule has 6 nitrogen and oxygen atoms in total. The van der Waals surface area contributed by atoms with Gasteiger partial charge in [0.15, 0.2) is 6.61 Å². The normalized spacial score (nSPS) is 32.1. The molecule has 0 spiro atoms. The summed E-state index contributed by atoms with van der Waals surface area (Å²) in [4.78, 5) is 22.8. The maximum Gasteiger partial charge on any atom is 0.311 e. The number of hydrogen-bond acceptors (Lipinski definition) is 4. The Hall–Kier alpha value is -2.18. The van der Waals surface area contributed by atoms with Gasteiger partial charge in [-0.05, 0) is 74.7 Å². The van der Waals surface area contributed by atoms with Gasteiger partial charge in [0, 0.05) is 18.2 Å². The van der Waals surface area contributed by atoms with Crippen LogP contribution >= 0.6 is 0 Å².